The van der Waals surface area contributed by atoms with Gasteiger partial charge in [0.15, 0.2) is 11.5 Å². The average Bonchev–Trinajstić information content (AvgIpc) is 2.42. The predicted molar refractivity (Wildman–Crippen MR) is 73.2 cm³/mol. The number of hydrogen-bond donors (Lipinski definition) is 0. The van der Waals surface area contributed by atoms with Crippen molar-refractivity contribution in [3.63, 3.8) is 0 Å². The standard InChI is InChI=1S/C15H23O3/c1-4-5-6-7-8-12-18-14-11-9-10-13(16-2)15(14)17-3/h9-12H,4-8H2,1-3H3. The Morgan fingerprint density at radius 1 is 1.00 bits per heavy atom. The van der Waals surface area contributed by atoms with Crippen LogP contribution in [0.2, 0.25) is 0 Å². The number of hydrogen-bond acceptors (Lipinski definition) is 3. The van der Waals surface area contributed by atoms with E-state index in [1.807, 2.05) is 24.8 Å². The molecule has 0 aliphatic carbocycles. The summed E-state index contributed by atoms with van der Waals surface area (Å²) in [5.74, 6) is 2.03. The molecule has 0 aromatic heterocycles. The van der Waals surface area contributed by atoms with Gasteiger partial charge < -0.3 is 14.2 Å². The first kappa shape index (κ1) is 14.7. The first-order valence-electron chi connectivity index (χ1n) is 6.52. The maximum absolute atomic E-state index is 5.62. The van der Waals surface area contributed by atoms with Crippen molar-refractivity contribution in [1.82, 2.24) is 0 Å². The number of benzene rings is 1. The third kappa shape index (κ3) is 4.47. The van der Waals surface area contributed by atoms with Crippen LogP contribution in [0.5, 0.6) is 17.2 Å². The van der Waals surface area contributed by atoms with Gasteiger partial charge in [-0.2, -0.15) is 0 Å². The van der Waals surface area contributed by atoms with Crippen LogP contribution in [0.15, 0.2) is 18.2 Å². The molecule has 0 atom stereocenters. The lowest BCUT2D eigenvalue weighted by atomic mass is 10.2. The van der Waals surface area contributed by atoms with Crippen LogP contribution < -0.4 is 14.2 Å². The number of rotatable bonds is 9. The van der Waals surface area contributed by atoms with E-state index >= 15 is 0 Å². The van der Waals surface area contributed by atoms with Crippen molar-refractivity contribution in [1.29, 1.82) is 0 Å². The normalized spacial score (nSPS) is 10.2. The topological polar surface area (TPSA) is 27.7 Å². The Morgan fingerprint density at radius 3 is 2.44 bits per heavy atom. The Bertz CT molecular complexity index is 337. The summed E-state index contributed by atoms with van der Waals surface area (Å²) in [5, 5.41) is 0. The molecule has 101 valence electrons. The van der Waals surface area contributed by atoms with E-state index in [1.54, 1.807) is 14.2 Å². The van der Waals surface area contributed by atoms with Gasteiger partial charge in [-0.05, 0) is 25.0 Å². The fraction of sp³-hybridized carbons (Fsp3) is 0.533. The fourth-order valence-electron chi connectivity index (χ4n) is 1.75. The van der Waals surface area contributed by atoms with Gasteiger partial charge in [0, 0.05) is 0 Å². The van der Waals surface area contributed by atoms with Crippen molar-refractivity contribution in [3.8, 4) is 17.2 Å². The van der Waals surface area contributed by atoms with E-state index in [0.717, 1.165) is 6.42 Å². The van der Waals surface area contributed by atoms with Crippen LogP contribution in [0.25, 0.3) is 0 Å². The van der Waals surface area contributed by atoms with Gasteiger partial charge in [-0.15, -0.1) is 0 Å². The first-order chi connectivity index (χ1) is 8.83. The molecule has 3 heteroatoms. The Labute approximate surface area is 110 Å². The van der Waals surface area contributed by atoms with Crippen molar-refractivity contribution in [2.45, 2.75) is 39.0 Å². The smallest absolute Gasteiger partial charge is 0.203 e. The van der Waals surface area contributed by atoms with Crippen molar-refractivity contribution in [2.75, 3.05) is 14.2 Å². The van der Waals surface area contributed by atoms with Gasteiger partial charge in [-0.25, -0.2) is 0 Å². The molecule has 1 aromatic carbocycles. The number of methoxy groups -OCH3 is 2. The lowest BCUT2D eigenvalue weighted by Crippen LogP contribution is -1.96. The lowest BCUT2D eigenvalue weighted by molar-refractivity contribution is 0.318. The summed E-state index contributed by atoms with van der Waals surface area (Å²) in [6.45, 7) is 4.05. The van der Waals surface area contributed by atoms with Crippen LogP contribution in [0.1, 0.15) is 39.0 Å². The summed E-state index contributed by atoms with van der Waals surface area (Å²) >= 11 is 0. The summed E-state index contributed by atoms with van der Waals surface area (Å²) in [7, 11) is 3.24. The van der Waals surface area contributed by atoms with E-state index in [1.165, 1.54) is 25.7 Å². The molecule has 1 rings (SSSR count). The predicted octanol–water partition coefficient (Wildman–Crippen LogP) is 4.21. The van der Waals surface area contributed by atoms with E-state index in [-0.39, 0.29) is 0 Å². The van der Waals surface area contributed by atoms with Crippen LogP contribution in [-0.2, 0) is 0 Å². The highest BCUT2D eigenvalue weighted by atomic mass is 16.5. The molecule has 0 saturated carbocycles. The Morgan fingerprint density at radius 2 is 1.78 bits per heavy atom. The minimum absolute atomic E-state index is 0.643. The second-order valence-electron chi connectivity index (χ2n) is 4.13. The van der Waals surface area contributed by atoms with Crippen LogP contribution in [0.4, 0.5) is 0 Å². The van der Waals surface area contributed by atoms with Gasteiger partial charge in [0.1, 0.15) is 6.61 Å². The van der Waals surface area contributed by atoms with Gasteiger partial charge >= 0.3 is 0 Å². The van der Waals surface area contributed by atoms with E-state index in [2.05, 4.69) is 6.92 Å². The molecule has 3 nitrogen and oxygen atoms in total. The monoisotopic (exact) mass is 251 g/mol. The molecule has 0 saturated heterocycles. The van der Waals surface area contributed by atoms with Gasteiger partial charge in [0.2, 0.25) is 5.75 Å². The van der Waals surface area contributed by atoms with Gasteiger partial charge in [0.05, 0.1) is 14.2 Å². The zero-order valence-corrected chi connectivity index (χ0v) is 11.6. The molecule has 18 heavy (non-hydrogen) atoms. The molecule has 0 amide bonds. The van der Waals surface area contributed by atoms with E-state index in [4.69, 9.17) is 14.2 Å². The number of para-hydroxylation sites is 1. The zero-order chi connectivity index (χ0) is 13.2. The molecular formula is C15H23O3. The molecule has 0 unspecified atom stereocenters. The van der Waals surface area contributed by atoms with Gasteiger partial charge in [0.25, 0.3) is 0 Å². The number of ether oxygens (including phenoxy) is 3. The molecule has 1 aromatic rings. The Kier molecular flexibility index (Phi) is 7.07. The van der Waals surface area contributed by atoms with E-state index in [0.29, 0.717) is 17.2 Å². The zero-order valence-electron chi connectivity index (χ0n) is 11.6. The molecule has 0 aliphatic rings. The molecule has 0 spiro atoms. The van der Waals surface area contributed by atoms with Crippen molar-refractivity contribution in [2.24, 2.45) is 0 Å². The fourth-order valence-corrected chi connectivity index (χ4v) is 1.75. The highest BCUT2D eigenvalue weighted by Gasteiger charge is 2.10. The second-order valence-corrected chi connectivity index (χ2v) is 4.13. The molecular weight excluding hydrogens is 228 g/mol. The lowest BCUT2D eigenvalue weighted by Gasteiger charge is -2.12. The summed E-state index contributed by atoms with van der Waals surface area (Å²) < 4.78 is 16.1. The quantitative estimate of drug-likeness (QED) is 0.615. The van der Waals surface area contributed by atoms with Gasteiger partial charge in [-0.3, -0.25) is 0 Å². The minimum Gasteiger partial charge on any atom is -0.493 e. The summed E-state index contributed by atoms with van der Waals surface area (Å²) in [6.07, 6.45) is 5.92. The molecule has 0 N–H and O–H groups in total. The van der Waals surface area contributed by atoms with Crippen molar-refractivity contribution >= 4 is 0 Å². The second kappa shape index (κ2) is 8.67. The third-order valence-corrected chi connectivity index (χ3v) is 2.75. The maximum Gasteiger partial charge on any atom is 0.203 e. The Hall–Kier alpha value is -1.38. The maximum atomic E-state index is 5.62. The van der Waals surface area contributed by atoms with Crippen LogP contribution in [0, 0.1) is 6.61 Å². The minimum atomic E-state index is 0.643. The molecule has 0 aliphatic heterocycles. The van der Waals surface area contributed by atoms with Crippen molar-refractivity contribution in [3.05, 3.63) is 24.8 Å². The van der Waals surface area contributed by atoms with Crippen LogP contribution in [0.3, 0.4) is 0 Å². The highest BCUT2D eigenvalue weighted by molar-refractivity contribution is 5.51. The average molecular weight is 251 g/mol. The molecule has 0 heterocycles. The van der Waals surface area contributed by atoms with Crippen LogP contribution >= 0.6 is 0 Å². The molecule has 0 fully saturated rings. The highest BCUT2D eigenvalue weighted by Crippen LogP contribution is 2.36. The molecule has 0 bridgehead atoms. The first-order valence-corrected chi connectivity index (χ1v) is 6.52. The Balaban J connectivity index is 2.41. The summed E-state index contributed by atoms with van der Waals surface area (Å²) in [6, 6.07) is 5.62. The summed E-state index contributed by atoms with van der Waals surface area (Å²) in [5.41, 5.74) is 0. The summed E-state index contributed by atoms with van der Waals surface area (Å²) in [4.78, 5) is 0. The van der Waals surface area contributed by atoms with E-state index < -0.39 is 0 Å². The SMILES string of the molecule is CCCCCC[CH]Oc1cccc(OC)c1OC. The number of unbranched alkanes of at least 4 members (excludes halogenated alkanes) is 4. The van der Waals surface area contributed by atoms with Gasteiger partial charge in [-0.1, -0.05) is 32.3 Å². The molecule has 1 radical (unpaired) electrons. The van der Waals surface area contributed by atoms with E-state index in [9.17, 15) is 0 Å². The third-order valence-electron chi connectivity index (χ3n) is 2.75. The van der Waals surface area contributed by atoms with Crippen LogP contribution in [-0.4, -0.2) is 14.2 Å². The van der Waals surface area contributed by atoms with Crippen molar-refractivity contribution < 1.29 is 14.2 Å². The largest absolute Gasteiger partial charge is 0.493 e.